The maximum absolute atomic E-state index is 13.0. The Bertz CT molecular complexity index is 864. The fourth-order valence-electron chi connectivity index (χ4n) is 2.86. The summed E-state index contributed by atoms with van der Waals surface area (Å²) in [6.07, 6.45) is 3.62. The molecule has 23 heavy (non-hydrogen) atoms. The van der Waals surface area contributed by atoms with Crippen LogP contribution in [0.1, 0.15) is 13.3 Å². The molecule has 1 N–H and O–H groups in total. The van der Waals surface area contributed by atoms with Crippen LogP contribution in [0.5, 0.6) is 0 Å². The van der Waals surface area contributed by atoms with Gasteiger partial charge in [0.2, 0.25) is 15.9 Å². The Balaban J connectivity index is 2.00. The van der Waals surface area contributed by atoms with Gasteiger partial charge in [-0.3, -0.25) is 9.78 Å². The minimum absolute atomic E-state index is 0.158. The Kier molecular flexibility index (Phi) is 4.27. The van der Waals surface area contributed by atoms with Gasteiger partial charge in [0.25, 0.3) is 0 Å². The van der Waals surface area contributed by atoms with Crippen molar-refractivity contribution in [2.24, 2.45) is 0 Å². The fraction of sp³-hybridized carbons (Fsp3) is 0.333. The van der Waals surface area contributed by atoms with Crippen LogP contribution in [0.2, 0.25) is 5.02 Å². The summed E-state index contributed by atoms with van der Waals surface area (Å²) in [4.78, 5) is 15.3. The number of rotatable bonds is 3. The highest BCUT2D eigenvalue weighted by Gasteiger charge is 2.34. The third-order valence-corrected chi connectivity index (χ3v) is 6.07. The first-order valence-corrected chi connectivity index (χ1v) is 9.01. The Morgan fingerprint density at radius 2 is 2.17 bits per heavy atom. The number of amides is 1. The standard InChI is InChI=1S/C15H16ClN3O3S/c1-10(20)18-12-5-6-19(9-12)23(21,22)14-4-2-3-11-7-17-8-13(16)15(11)14/h2-4,7-8,12H,5-6,9H2,1H3,(H,18,20)/t12-/m0/s1. The lowest BCUT2D eigenvalue weighted by atomic mass is 10.2. The normalized spacial score (nSPS) is 19.1. The molecule has 1 fully saturated rings. The number of nitrogens with one attached hydrogen (secondary N) is 1. The van der Waals surface area contributed by atoms with Crippen molar-refractivity contribution in [1.29, 1.82) is 0 Å². The second-order valence-corrected chi connectivity index (χ2v) is 7.84. The van der Waals surface area contributed by atoms with E-state index in [0.717, 1.165) is 0 Å². The van der Waals surface area contributed by atoms with Crippen molar-refractivity contribution < 1.29 is 13.2 Å². The largest absolute Gasteiger partial charge is 0.352 e. The molecule has 1 amide bonds. The van der Waals surface area contributed by atoms with Gasteiger partial charge in [0.1, 0.15) is 0 Å². The highest BCUT2D eigenvalue weighted by Crippen LogP contribution is 2.31. The molecule has 1 aliphatic heterocycles. The third kappa shape index (κ3) is 3.04. The molecule has 1 aromatic carbocycles. The Hall–Kier alpha value is -1.70. The van der Waals surface area contributed by atoms with Gasteiger partial charge in [-0.1, -0.05) is 23.7 Å². The zero-order valence-electron chi connectivity index (χ0n) is 12.5. The molecule has 1 atom stereocenters. The number of sulfonamides is 1. The third-order valence-electron chi connectivity index (χ3n) is 3.87. The second kappa shape index (κ2) is 6.07. The summed E-state index contributed by atoms with van der Waals surface area (Å²) in [5.74, 6) is -0.159. The summed E-state index contributed by atoms with van der Waals surface area (Å²) < 4.78 is 27.3. The van der Waals surface area contributed by atoms with Crippen LogP contribution >= 0.6 is 11.6 Å². The minimum atomic E-state index is -3.69. The van der Waals surface area contributed by atoms with Crippen LogP contribution < -0.4 is 5.32 Å². The monoisotopic (exact) mass is 353 g/mol. The summed E-state index contributed by atoms with van der Waals surface area (Å²) in [7, 11) is -3.69. The van der Waals surface area contributed by atoms with Crippen LogP contribution in [0.4, 0.5) is 0 Å². The molecule has 0 bridgehead atoms. The Morgan fingerprint density at radius 3 is 2.91 bits per heavy atom. The van der Waals surface area contributed by atoms with E-state index in [4.69, 9.17) is 11.6 Å². The lowest BCUT2D eigenvalue weighted by molar-refractivity contribution is -0.119. The van der Waals surface area contributed by atoms with Gasteiger partial charge in [-0.05, 0) is 12.5 Å². The first-order valence-electron chi connectivity index (χ1n) is 7.19. The number of carbonyl (C=O) groups is 1. The molecular weight excluding hydrogens is 338 g/mol. The quantitative estimate of drug-likeness (QED) is 0.912. The summed E-state index contributed by atoms with van der Waals surface area (Å²) in [5.41, 5.74) is 0. The average molecular weight is 354 g/mol. The van der Waals surface area contributed by atoms with Crippen molar-refractivity contribution in [3.63, 3.8) is 0 Å². The number of hydrogen-bond acceptors (Lipinski definition) is 4. The van der Waals surface area contributed by atoms with Crippen molar-refractivity contribution in [1.82, 2.24) is 14.6 Å². The van der Waals surface area contributed by atoms with Crippen LogP contribution in [0.15, 0.2) is 35.5 Å². The zero-order chi connectivity index (χ0) is 16.6. The molecule has 1 aliphatic rings. The molecule has 2 aromatic rings. The minimum Gasteiger partial charge on any atom is -0.352 e. The van der Waals surface area contributed by atoms with Crippen LogP contribution in [0.25, 0.3) is 10.8 Å². The van der Waals surface area contributed by atoms with E-state index in [0.29, 0.717) is 28.8 Å². The molecule has 1 saturated heterocycles. The van der Waals surface area contributed by atoms with Crippen molar-refractivity contribution in [2.45, 2.75) is 24.3 Å². The van der Waals surface area contributed by atoms with Crippen molar-refractivity contribution in [2.75, 3.05) is 13.1 Å². The Morgan fingerprint density at radius 1 is 1.39 bits per heavy atom. The van der Waals surface area contributed by atoms with E-state index in [2.05, 4.69) is 10.3 Å². The Labute approximate surface area is 139 Å². The predicted octanol–water partition coefficient (Wildman–Crippen LogP) is 1.79. The maximum Gasteiger partial charge on any atom is 0.243 e. The number of hydrogen-bond donors (Lipinski definition) is 1. The maximum atomic E-state index is 13.0. The van der Waals surface area contributed by atoms with E-state index in [9.17, 15) is 13.2 Å². The van der Waals surface area contributed by atoms with Crippen LogP contribution in [-0.2, 0) is 14.8 Å². The average Bonchev–Trinajstić information content (AvgIpc) is 2.95. The molecule has 8 heteroatoms. The lowest BCUT2D eigenvalue weighted by Gasteiger charge is -2.18. The van der Waals surface area contributed by atoms with E-state index < -0.39 is 10.0 Å². The molecule has 0 radical (unpaired) electrons. The number of halogens is 1. The summed E-state index contributed by atoms with van der Waals surface area (Å²) in [6, 6.07) is 4.84. The molecule has 6 nitrogen and oxygen atoms in total. The molecule has 3 rings (SSSR count). The van der Waals surface area contributed by atoms with Crippen molar-refractivity contribution >= 4 is 38.3 Å². The summed E-state index contributed by atoms with van der Waals surface area (Å²) in [6.45, 7) is 2.06. The molecule has 2 heterocycles. The SMILES string of the molecule is CC(=O)N[C@H]1CCN(S(=O)(=O)c2cccc3cncc(Cl)c23)C1. The predicted molar refractivity (Wildman–Crippen MR) is 87.7 cm³/mol. The van der Waals surface area contributed by atoms with E-state index in [1.807, 2.05) is 0 Å². The molecule has 0 unspecified atom stereocenters. The number of aromatic nitrogens is 1. The summed E-state index contributed by atoms with van der Waals surface area (Å²) in [5, 5.41) is 4.22. The summed E-state index contributed by atoms with van der Waals surface area (Å²) >= 11 is 6.17. The molecule has 0 saturated carbocycles. The van der Waals surface area contributed by atoms with Crippen molar-refractivity contribution in [3.8, 4) is 0 Å². The van der Waals surface area contributed by atoms with E-state index in [-0.39, 0.29) is 23.4 Å². The van der Waals surface area contributed by atoms with Gasteiger partial charge >= 0.3 is 0 Å². The first-order chi connectivity index (χ1) is 10.9. The number of fused-ring (bicyclic) bond motifs is 1. The van der Waals surface area contributed by atoms with Gasteiger partial charge in [0.15, 0.2) is 0 Å². The highest BCUT2D eigenvalue weighted by atomic mass is 35.5. The lowest BCUT2D eigenvalue weighted by Crippen LogP contribution is -2.37. The zero-order valence-corrected chi connectivity index (χ0v) is 14.1. The van der Waals surface area contributed by atoms with Crippen LogP contribution in [0, 0.1) is 0 Å². The number of nitrogens with zero attached hydrogens (tertiary/aromatic N) is 2. The van der Waals surface area contributed by atoms with Gasteiger partial charge in [-0.25, -0.2) is 8.42 Å². The van der Waals surface area contributed by atoms with Crippen molar-refractivity contribution in [3.05, 3.63) is 35.6 Å². The highest BCUT2D eigenvalue weighted by molar-refractivity contribution is 7.89. The molecular formula is C15H16ClN3O3S. The topological polar surface area (TPSA) is 79.4 Å². The first kappa shape index (κ1) is 16.2. The smallest absolute Gasteiger partial charge is 0.243 e. The molecule has 0 spiro atoms. The number of pyridine rings is 1. The van der Waals surface area contributed by atoms with E-state index in [1.165, 1.54) is 17.4 Å². The second-order valence-electron chi connectivity index (χ2n) is 5.52. The van der Waals surface area contributed by atoms with Crippen LogP contribution in [-0.4, -0.2) is 42.7 Å². The molecule has 1 aromatic heterocycles. The number of benzene rings is 1. The van der Waals surface area contributed by atoms with E-state index >= 15 is 0 Å². The van der Waals surface area contributed by atoms with Gasteiger partial charge < -0.3 is 5.32 Å². The molecule has 122 valence electrons. The fourth-order valence-corrected chi connectivity index (χ4v) is 4.92. The number of carbonyl (C=O) groups excluding carboxylic acids is 1. The van der Waals surface area contributed by atoms with Gasteiger partial charge in [-0.2, -0.15) is 4.31 Å². The van der Waals surface area contributed by atoms with Crippen LogP contribution in [0.3, 0.4) is 0 Å². The van der Waals surface area contributed by atoms with E-state index in [1.54, 1.807) is 24.4 Å². The van der Waals surface area contributed by atoms with Gasteiger partial charge in [0, 0.05) is 49.2 Å². The van der Waals surface area contributed by atoms with Gasteiger partial charge in [-0.15, -0.1) is 0 Å². The molecule has 0 aliphatic carbocycles. The van der Waals surface area contributed by atoms with Gasteiger partial charge in [0.05, 0.1) is 9.92 Å².